The van der Waals surface area contributed by atoms with E-state index in [1.807, 2.05) is 54.6 Å². The molecule has 0 N–H and O–H groups in total. The molecule has 0 heterocycles. The van der Waals surface area contributed by atoms with Crippen molar-refractivity contribution in [1.29, 1.82) is 0 Å². The normalized spacial score (nSPS) is 9.25. The molecule has 0 fully saturated rings. The maximum Gasteiger partial charge on any atom is 0.0936 e. The molecule has 0 saturated heterocycles. The van der Waals surface area contributed by atoms with Crippen LogP contribution in [0.4, 0.5) is 11.4 Å². The maximum absolute atomic E-state index is 4.07. The summed E-state index contributed by atoms with van der Waals surface area (Å²) in [6.07, 6.45) is 0. The number of nitrogens with zero attached hydrogens (tertiary/aromatic N) is 2. The summed E-state index contributed by atoms with van der Waals surface area (Å²) in [7, 11) is 0. The standard InChI is InChI=1S/C12H9N2.ClH.Pd/c1-3-7-11(8-4-1)13-14-12-9-5-2-6-10-12;;/h1-9H;1H;/p-1. The summed E-state index contributed by atoms with van der Waals surface area (Å²) in [6, 6.07) is 20.1. The van der Waals surface area contributed by atoms with E-state index in [4.69, 9.17) is 0 Å². The number of rotatable bonds is 2. The van der Waals surface area contributed by atoms with E-state index in [1.165, 1.54) is 0 Å². The Hall–Kier alpha value is -1.01. The predicted octanol–water partition coefficient (Wildman–Crippen LogP) is 0.904. The molecule has 0 amide bonds. The van der Waals surface area contributed by atoms with Gasteiger partial charge in [0.05, 0.1) is 11.4 Å². The summed E-state index contributed by atoms with van der Waals surface area (Å²) in [5.74, 6) is 0. The Morgan fingerprint density at radius 3 is 2.12 bits per heavy atom. The van der Waals surface area contributed by atoms with Crippen LogP contribution >= 0.6 is 0 Å². The smallest absolute Gasteiger partial charge is 0.0936 e. The van der Waals surface area contributed by atoms with Gasteiger partial charge in [0.15, 0.2) is 0 Å². The van der Waals surface area contributed by atoms with Gasteiger partial charge in [-0.2, -0.15) is 5.11 Å². The second-order valence-corrected chi connectivity index (χ2v) is 2.78. The van der Waals surface area contributed by atoms with Crippen LogP contribution in [0, 0.1) is 6.07 Å². The Kier molecular flexibility index (Phi) is 7.66. The zero-order valence-electron chi connectivity index (χ0n) is 8.28. The van der Waals surface area contributed by atoms with Crippen molar-refractivity contribution in [3.8, 4) is 0 Å². The van der Waals surface area contributed by atoms with Gasteiger partial charge in [0, 0.05) is 26.5 Å². The average Bonchev–Trinajstić information content (AvgIpc) is 2.29. The van der Waals surface area contributed by atoms with Crippen LogP contribution in [-0.2, 0) is 20.4 Å². The Morgan fingerprint density at radius 1 is 0.812 bits per heavy atom. The molecule has 0 aromatic heterocycles. The monoisotopic (exact) mass is 322 g/mol. The molecule has 2 nitrogen and oxygen atoms in total. The first-order chi connectivity index (χ1) is 6.95. The SMILES string of the molecule is [Cl-].[Pd].[c]1ccccc1N=Nc1ccccc1. The molecule has 85 valence electrons. The van der Waals surface area contributed by atoms with Crippen molar-refractivity contribution in [3.63, 3.8) is 0 Å². The molecular weight excluding hydrogens is 314 g/mol. The molecule has 0 aliphatic heterocycles. The van der Waals surface area contributed by atoms with Gasteiger partial charge < -0.3 is 12.4 Å². The van der Waals surface area contributed by atoms with E-state index >= 15 is 0 Å². The second kappa shape index (κ2) is 8.18. The number of halogens is 1. The molecule has 16 heavy (non-hydrogen) atoms. The van der Waals surface area contributed by atoms with Crippen molar-refractivity contribution < 1.29 is 32.8 Å². The van der Waals surface area contributed by atoms with Gasteiger partial charge in [0.25, 0.3) is 0 Å². The van der Waals surface area contributed by atoms with E-state index in [2.05, 4.69) is 16.3 Å². The molecule has 0 aliphatic rings. The second-order valence-electron chi connectivity index (χ2n) is 2.78. The topological polar surface area (TPSA) is 24.7 Å². The molecule has 2 aromatic rings. The molecule has 1 radical (unpaired) electrons. The fourth-order valence-electron chi connectivity index (χ4n) is 1.05. The van der Waals surface area contributed by atoms with Crippen LogP contribution in [0.1, 0.15) is 0 Å². The van der Waals surface area contributed by atoms with Gasteiger partial charge in [-0.15, -0.1) is 5.11 Å². The van der Waals surface area contributed by atoms with Crippen molar-refractivity contribution in [3.05, 3.63) is 60.7 Å². The number of azo groups is 1. The van der Waals surface area contributed by atoms with Gasteiger partial charge in [0.2, 0.25) is 0 Å². The first-order valence-electron chi connectivity index (χ1n) is 4.39. The van der Waals surface area contributed by atoms with Crippen molar-refractivity contribution in [2.24, 2.45) is 10.2 Å². The van der Waals surface area contributed by atoms with Gasteiger partial charge in [0.1, 0.15) is 0 Å². The molecule has 0 saturated carbocycles. The minimum Gasteiger partial charge on any atom is -1.00 e. The molecule has 0 bridgehead atoms. The van der Waals surface area contributed by atoms with E-state index in [1.54, 1.807) is 0 Å². The van der Waals surface area contributed by atoms with E-state index in [-0.39, 0.29) is 32.8 Å². The molecule has 2 rings (SSSR count). The number of hydrogen-bond acceptors (Lipinski definition) is 2. The fourth-order valence-corrected chi connectivity index (χ4v) is 1.05. The van der Waals surface area contributed by atoms with Crippen LogP contribution in [-0.4, -0.2) is 0 Å². The van der Waals surface area contributed by atoms with E-state index in [0.29, 0.717) is 0 Å². The van der Waals surface area contributed by atoms with Gasteiger partial charge in [-0.3, -0.25) is 0 Å². The number of hydrogen-bond donors (Lipinski definition) is 0. The van der Waals surface area contributed by atoms with Crippen LogP contribution < -0.4 is 12.4 Å². The molecular formula is C12H9ClN2Pd-. The molecule has 0 spiro atoms. The van der Waals surface area contributed by atoms with Gasteiger partial charge in [-0.1, -0.05) is 36.4 Å². The summed E-state index contributed by atoms with van der Waals surface area (Å²) in [4.78, 5) is 0. The Bertz CT molecular complexity index is 376. The zero-order valence-corrected chi connectivity index (χ0v) is 10.6. The summed E-state index contributed by atoms with van der Waals surface area (Å²) in [5.41, 5.74) is 1.60. The summed E-state index contributed by atoms with van der Waals surface area (Å²) in [5, 5.41) is 8.12. The fraction of sp³-hybridized carbons (Fsp3) is 0. The van der Waals surface area contributed by atoms with Crippen molar-refractivity contribution in [2.45, 2.75) is 0 Å². The van der Waals surface area contributed by atoms with Crippen molar-refractivity contribution in [1.82, 2.24) is 0 Å². The van der Waals surface area contributed by atoms with Crippen LogP contribution in [0.5, 0.6) is 0 Å². The Morgan fingerprint density at radius 2 is 1.50 bits per heavy atom. The quantitative estimate of drug-likeness (QED) is 0.580. The molecule has 0 atom stereocenters. The number of benzene rings is 2. The van der Waals surface area contributed by atoms with E-state index in [9.17, 15) is 0 Å². The minimum atomic E-state index is 0. The van der Waals surface area contributed by atoms with Gasteiger partial charge in [-0.25, -0.2) is 0 Å². The summed E-state index contributed by atoms with van der Waals surface area (Å²) in [6.45, 7) is 0. The first-order valence-corrected chi connectivity index (χ1v) is 4.39. The third-order valence-electron chi connectivity index (χ3n) is 1.72. The minimum absolute atomic E-state index is 0. The molecule has 4 heteroatoms. The zero-order chi connectivity index (χ0) is 9.64. The largest absolute Gasteiger partial charge is 1.00 e. The summed E-state index contributed by atoms with van der Waals surface area (Å²) < 4.78 is 0. The third-order valence-corrected chi connectivity index (χ3v) is 1.72. The van der Waals surface area contributed by atoms with Crippen LogP contribution in [0.2, 0.25) is 0 Å². The van der Waals surface area contributed by atoms with E-state index in [0.717, 1.165) is 11.4 Å². The maximum atomic E-state index is 4.07. The van der Waals surface area contributed by atoms with Crippen LogP contribution in [0.15, 0.2) is 64.8 Å². The van der Waals surface area contributed by atoms with Crippen LogP contribution in [0.25, 0.3) is 0 Å². The summed E-state index contributed by atoms with van der Waals surface area (Å²) >= 11 is 0. The Labute approximate surface area is 115 Å². The van der Waals surface area contributed by atoms with Gasteiger partial charge >= 0.3 is 0 Å². The molecule has 0 aliphatic carbocycles. The van der Waals surface area contributed by atoms with Crippen LogP contribution in [0.3, 0.4) is 0 Å². The first kappa shape index (κ1) is 15.0. The molecule has 0 unspecified atom stereocenters. The third kappa shape index (κ3) is 4.67. The Balaban J connectivity index is 0.00000112. The average molecular weight is 323 g/mol. The van der Waals surface area contributed by atoms with Crippen molar-refractivity contribution in [2.75, 3.05) is 0 Å². The van der Waals surface area contributed by atoms with Gasteiger partial charge in [-0.05, 0) is 18.2 Å². The van der Waals surface area contributed by atoms with E-state index < -0.39 is 0 Å². The molecule has 2 aromatic carbocycles. The predicted molar refractivity (Wildman–Crippen MR) is 55.9 cm³/mol. The van der Waals surface area contributed by atoms with Crippen molar-refractivity contribution >= 4 is 11.4 Å².